The number of rotatable bonds is 2. The third-order valence-corrected chi connectivity index (χ3v) is 3.43. The van der Waals surface area contributed by atoms with Gasteiger partial charge in [-0.05, 0) is 6.42 Å². The number of amides is 1. The minimum atomic E-state index is -2.36. The van der Waals surface area contributed by atoms with Crippen LogP contribution in [-0.2, 0) is 9.53 Å². The maximum absolute atomic E-state index is 11.0. The van der Waals surface area contributed by atoms with Crippen molar-refractivity contribution >= 4 is 6.41 Å². The molecular formula is C9H14N2O2. The summed E-state index contributed by atoms with van der Waals surface area (Å²) in [6.07, 6.45) is 1.39. The van der Waals surface area contributed by atoms with Crippen molar-refractivity contribution in [3.05, 3.63) is 0 Å². The molecule has 0 spiro atoms. The lowest BCUT2D eigenvalue weighted by Crippen LogP contribution is -2.42. The third-order valence-electron chi connectivity index (χ3n) is 3.43. The molecule has 4 heteroatoms. The molecule has 3 aliphatic rings. The highest BCUT2D eigenvalue weighted by atomic mass is 16.5. The predicted molar refractivity (Wildman–Crippen MR) is 46.3 cm³/mol. The van der Waals surface area contributed by atoms with E-state index in [1.807, 2.05) is 0 Å². The minimum absolute atomic E-state index is 0.0932. The van der Waals surface area contributed by atoms with Gasteiger partial charge in [-0.3, -0.25) is 9.69 Å². The standard InChI is InChI=1S/C9H14N2O2/c1-10(5-12)8-7-4-11-3-2-6(13-7)9(8)11/h5-9H,2-4H2,1H3/t6?,7-,8+,9-/m1/s1/i1D3. The number of nitrogens with zero attached hydrogens (tertiary/aromatic N) is 2. The minimum Gasteiger partial charge on any atom is -0.370 e. The molecule has 4 nitrogen and oxygen atoms in total. The van der Waals surface area contributed by atoms with Crippen LogP contribution in [0.5, 0.6) is 0 Å². The highest BCUT2D eigenvalue weighted by Crippen LogP contribution is 2.41. The second-order valence-corrected chi connectivity index (χ2v) is 3.99. The molecule has 4 atom stereocenters. The van der Waals surface area contributed by atoms with Crippen molar-refractivity contribution in [2.24, 2.45) is 0 Å². The Hall–Kier alpha value is -0.610. The number of fused-ring (bicyclic) bond motifs is 1. The SMILES string of the molecule is [2H]C([2H])([2H])N(C=O)[C@@H]1[C@H]2C3CCN2C[C@H]1O3. The molecule has 0 aromatic carbocycles. The summed E-state index contributed by atoms with van der Waals surface area (Å²) in [5, 5.41) is 0. The van der Waals surface area contributed by atoms with Crippen LogP contribution in [0.15, 0.2) is 0 Å². The first-order valence-corrected chi connectivity index (χ1v) is 4.65. The Labute approximate surface area is 81.7 Å². The molecule has 0 aromatic rings. The number of likely N-dealkylation sites (N-methyl/N-ethyl adjacent to an activating group) is 1. The van der Waals surface area contributed by atoms with Gasteiger partial charge in [0.2, 0.25) is 6.41 Å². The van der Waals surface area contributed by atoms with E-state index in [4.69, 9.17) is 8.85 Å². The van der Waals surface area contributed by atoms with Crippen LogP contribution in [0.3, 0.4) is 0 Å². The first-order valence-electron chi connectivity index (χ1n) is 6.15. The topological polar surface area (TPSA) is 32.8 Å². The van der Waals surface area contributed by atoms with Gasteiger partial charge in [-0.2, -0.15) is 0 Å². The van der Waals surface area contributed by atoms with E-state index in [1.54, 1.807) is 0 Å². The van der Waals surface area contributed by atoms with Gasteiger partial charge < -0.3 is 9.64 Å². The maximum atomic E-state index is 11.0. The predicted octanol–water partition coefficient (Wildman–Crippen LogP) is -0.702. The zero-order chi connectivity index (χ0) is 11.5. The van der Waals surface area contributed by atoms with Gasteiger partial charge in [0.05, 0.1) is 24.3 Å². The Bertz CT molecular complexity index is 308. The van der Waals surface area contributed by atoms with Crippen molar-refractivity contribution in [1.29, 1.82) is 0 Å². The fourth-order valence-electron chi connectivity index (χ4n) is 2.97. The van der Waals surface area contributed by atoms with Crippen LogP contribution in [0.2, 0.25) is 0 Å². The molecule has 3 rings (SSSR count). The van der Waals surface area contributed by atoms with E-state index in [0.717, 1.165) is 24.4 Å². The Morgan fingerprint density at radius 1 is 1.69 bits per heavy atom. The molecule has 0 radical (unpaired) electrons. The van der Waals surface area contributed by atoms with Crippen molar-refractivity contribution in [3.63, 3.8) is 0 Å². The second-order valence-electron chi connectivity index (χ2n) is 3.99. The smallest absolute Gasteiger partial charge is 0.209 e. The fourth-order valence-corrected chi connectivity index (χ4v) is 2.97. The van der Waals surface area contributed by atoms with E-state index in [-0.39, 0.29) is 24.3 Å². The van der Waals surface area contributed by atoms with Gasteiger partial charge in [-0.15, -0.1) is 0 Å². The van der Waals surface area contributed by atoms with Crippen LogP contribution >= 0.6 is 0 Å². The lowest BCUT2D eigenvalue weighted by atomic mass is 10.1. The molecule has 72 valence electrons. The molecule has 3 aliphatic heterocycles. The molecule has 1 unspecified atom stereocenters. The number of carbonyl (C=O) groups is 1. The zero-order valence-corrected chi connectivity index (χ0v) is 7.22. The van der Waals surface area contributed by atoms with Gasteiger partial charge >= 0.3 is 0 Å². The zero-order valence-electron chi connectivity index (χ0n) is 10.2. The first-order chi connectivity index (χ1) is 7.52. The van der Waals surface area contributed by atoms with E-state index in [1.165, 1.54) is 0 Å². The lowest BCUT2D eigenvalue weighted by molar-refractivity contribution is -0.119. The first kappa shape index (κ1) is 5.32. The summed E-state index contributed by atoms with van der Waals surface area (Å²) in [5.74, 6) is 0. The highest BCUT2D eigenvalue weighted by molar-refractivity contribution is 5.48. The van der Waals surface area contributed by atoms with Crippen LogP contribution in [0.25, 0.3) is 0 Å². The second kappa shape index (κ2) is 2.45. The molecule has 3 heterocycles. The molecule has 2 bridgehead atoms. The van der Waals surface area contributed by atoms with E-state index >= 15 is 0 Å². The number of carbonyl (C=O) groups excluding carboxylic acids is 1. The molecule has 0 aliphatic carbocycles. The normalized spacial score (nSPS) is 51.5. The molecule has 0 N–H and O–H groups in total. The summed E-state index contributed by atoms with van der Waals surface area (Å²) >= 11 is 0. The average Bonchev–Trinajstić information content (AvgIpc) is 2.73. The fraction of sp³-hybridized carbons (Fsp3) is 0.889. The number of ether oxygens (including phenoxy) is 1. The van der Waals surface area contributed by atoms with Crippen molar-refractivity contribution in [3.8, 4) is 0 Å². The molecule has 13 heavy (non-hydrogen) atoms. The molecule has 0 aromatic heterocycles. The Morgan fingerprint density at radius 3 is 3.31 bits per heavy atom. The van der Waals surface area contributed by atoms with Crippen molar-refractivity contribution in [1.82, 2.24) is 9.80 Å². The number of hydrogen-bond donors (Lipinski definition) is 0. The van der Waals surface area contributed by atoms with Crippen molar-refractivity contribution in [2.45, 2.75) is 30.7 Å². The van der Waals surface area contributed by atoms with Crippen LogP contribution < -0.4 is 0 Å². The van der Waals surface area contributed by atoms with E-state index < -0.39 is 6.98 Å². The van der Waals surface area contributed by atoms with E-state index in [2.05, 4.69) is 4.90 Å². The monoisotopic (exact) mass is 185 g/mol. The van der Waals surface area contributed by atoms with Gasteiger partial charge in [-0.1, -0.05) is 0 Å². The van der Waals surface area contributed by atoms with Crippen LogP contribution in [0, 0.1) is 0 Å². The Balaban J connectivity index is 1.89. The van der Waals surface area contributed by atoms with Crippen LogP contribution in [-0.4, -0.2) is 60.6 Å². The average molecular weight is 185 g/mol. The summed E-state index contributed by atoms with van der Waals surface area (Å²) in [5.41, 5.74) is 0. The van der Waals surface area contributed by atoms with Crippen LogP contribution in [0.1, 0.15) is 10.5 Å². The molecule has 3 saturated heterocycles. The van der Waals surface area contributed by atoms with Gasteiger partial charge in [0.15, 0.2) is 0 Å². The highest BCUT2D eigenvalue weighted by Gasteiger charge is 2.58. The van der Waals surface area contributed by atoms with Gasteiger partial charge in [-0.25, -0.2) is 0 Å². The maximum Gasteiger partial charge on any atom is 0.209 e. The van der Waals surface area contributed by atoms with Crippen LogP contribution in [0.4, 0.5) is 0 Å². The van der Waals surface area contributed by atoms with Gasteiger partial charge in [0.1, 0.15) is 0 Å². The quantitative estimate of drug-likeness (QED) is 0.533. The largest absolute Gasteiger partial charge is 0.370 e. The van der Waals surface area contributed by atoms with Crippen molar-refractivity contribution in [2.75, 3.05) is 20.1 Å². The van der Waals surface area contributed by atoms with E-state index in [0.29, 0.717) is 6.41 Å². The van der Waals surface area contributed by atoms with Gasteiger partial charge in [0, 0.05) is 24.2 Å². The molecule has 0 saturated carbocycles. The third kappa shape index (κ3) is 0.849. The number of morpholine rings is 1. The summed E-state index contributed by atoms with van der Waals surface area (Å²) in [7, 11) is 0. The number of hydrogen-bond acceptors (Lipinski definition) is 3. The molecule has 3 fully saturated rings. The van der Waals surface area contributed by atoms with Gasteiger partial charge in [0.25, 0.3) is 0 Å². The summed E-state index contributed by atoms with van der Waals surface area (Å²) < 4.78 is 27.9. The van der Waals surface area contributed by atoms with Crippen molar-refractivity contribution < 1.29 is 13.6 Å². The Kier molecular flexibility index (Phi) is 1.00. The summed E-state index contributed by atoms with van der Waals surface area (Å²) in [6, 6.07) is -0.201. The summed E-state index contributed by atoms with van der Waals surface area (Å²) in [6.45, 7) is -0.649. The molecule has 1 amide bonds. The lowest BCUT2D eigenvalue weighted by Gasteiger charge is -2.24. The summed E-state index contributed by atoms with van der Waals surface area (Å²) in [4.78, 5) is 14.2. The van der Waals surface area contributed by atoms with E-state index in [9.17, 15) is 4.79 Å². The molecular weight excluding hydrogens is 168 g/mol. The Morgan fingerprint density at radius 2 is 2.62 bits per heavy atom.